The summed E-state index contributed by atoms with van der Waals surface area (Å²) in [5.74, 6) is -0.376. The van der Waals surface area contributed by atoms with Gasteiger partial charge in [0.2, 0.25) is 0 Å². The number of fused-ring (bicyclic) bond motifs is 1. The third-order valence-corrected chi connectivity index (χ3v) is 5.52. The van der Waals surface area contributed by atoms with Crippen LogP contribution < -0.4 is 0 Å². The van der Waals surface area contributed by atoms with Crippen molar-refractivity contribution in [3.05, 3.63) is 119 Å². The molecule has 0 atom stereocenters. The first-order valence-corrected chi connectivity index (χ1v) is 10.0. The van der Waals surface area contributed by atoms with Gasteiger partial charge in [-0.2, -0.15) is 0 Å². The van der Waals surface area contributed by atoms with Crippen LogP contribution in [-0.4, -0.2) is 16.7 Å². The molecule has 0 bridgehead atoms. The maximum Gasteiger partial charge on any atom is 0.197 e. The van der Waals surface area contributed by atoms with Gasteiger partial charge < -0.3 is 5.11 Å². The van der Waals surface area contributed by atoms with Crippen LogP contribution >= 0.6 is 0 Å². The van der Waals surface area contributed by atoms with E-state index < -0.39 is 0 Å². The van der Waals surface area contributed by atoms with E-state index in [9.17, 15) is 14.7 Å². The van der Waals surface area contributed by atoms with Gasteiger partial charge in [-0.15, -0.1) is 0 Å². The summed E-state index contributed by atoms with van der Waals surface area (Å²) in [5.41, 5.74) is 4.68. The van der Waals surface area contributed by atoms with E-state index in [0.29, 0.717) is 27.8 Å². The number of allylic oxidation sites excluding steroid dienone is 1. The second-order valence-corrected chi connectivity index (χ2v) is 7.46. The molecule has 5 rings (SSSR count). The van der Waals surface area contributed by atoms with Crippen LogP contribution in [0.3, 0.4) is 0 Å². The number of benzene rings is 4. The number of hydrogen-bond acceptors (Lipinski definition) is 3. The molecule has 1 N–H and O–H groups in total. The number of carbonyl (C=O) groups is 2. The minimum atomic E-state index is -0.267. The van der Waals surface area contributed by atoms with Crippen LogP contribution in [0, 0.1) is 0 Å². The van der Waals surface area contributed by atoms with Crippen molar-refractivity contribution in [2.45, 2.75) is 0 Å². The van der Waals surface area contributed by atoms with E-state index in [1.807, 2.05) is 72.8 Å². The summed E-state index contributed by atoms with van der Waals surface area (Å²) in [4.78, 5) is 25.7. The molecule has 0 saturated heterocycles. The van der Waals surface area contributed by atoms with E-state index in [4.69, 9.17) is 0 Å². The number of ketones is 2. The molecule has 1 aliphatic carbocycles. The van der Waals surface area contributed by atoms with Crippen LogP contribution in [0.1, 0.15) is 26.3 Å². The summed E-state index contributed by atoms with van der Waals surface area (Å²) in [6, 6.07) is 29.6. The lowest BCUT2D eigenvalue weighted by molar-refractivity contribution is 0.0990. The molecule has 0 spiro atoms. The van der Waals surface area contributed by atoms with Gasteiger partial charge in [0.15, 0.2) is 11.6 Å². The van der Waals surface area contributed by atoms with Crippen LogP contribution in [0.5, 0.6) is 5.75 Å². The lowest BCUT2D eigenvalue weighted by Crippen LogP contribution is -2.00. The first kappa shape index (κ1) is 18.8. The fourth-order valence-corrected chi connectivity index (χ4v) is 3.99. The fraction of sp³-hybridized carbons (Fsp3) is 0. The van der Waals surface area contributed by atoms with Gasteiger partial charge in [0.1, 0.15) is 5.75 Å². The fourth-order valence-electron chi connectivity index (χ4n) is 3.99. The van der Waals surface area contributed by atoms with Gasteiger partial charge >= 0.3 is 0 Å². The molecule has 1 aliphatic rings. The van der Waals surface area contributed by atoms with Gasteiger partial charge in [0, 0.05) is 22.3 Å². The van der Waals surface area contributed by atoms with Gasteiger partial charge in [-0.1, -0.05) is 84.9 Å². The van der Waals surface area contributed by atoms with E-state index in [0.717, 1.165) is 11.1 Å². The van der Waals surface area contributed by atoms with Gasteiger partial charge in [-0.3, -0.25) is 9.59 Å². The molecular formula is C28H18O3. The van der Waals surface area contributed by atoms with E-state index in [2.05, 4.69) is 0 Å². The topological polar surface area (TPSA) is 54.4 Å². The van der Waals surface area contributed by atoms with Crippen molar-refractivity contribution < 1.29 is 14.7 Å². The minimum Gasteiger partial charge on any atom is -0.507 e. The van der Waals surface area contributed by atoms with E-state index >= 15 is 0 Å². The first-order chi connectivity index (χ1) is 15.1. The first-order valence-electron chi connectivity index (χ1n) is 10.0. The zero-order chi connectivity index (χ0) is 21.4. The Hall–Kier alpha value is -4.24. The van der Waals surface area contributed by atoms with E-state index in [-0.39, 0.29) is 22.9 Å². The summed E-state index contributed by atoms with van der Waals surface area (Å²) in [7, 11) is 0. The molecule has 4 aromatic carbocycles. The molecule has 31 heavy (non-hydrogen) atoms. The molecule has 0 radical (unpaired) electrons. The van der Waals surface area contributed by atoms with Crippen molar-refractivity contribution >= 4 is 17.6 Å². The normalized spacial score (nSPS) is 12.7. The molecule has 3 nitrogen and oxygen atoms in total. The average molecular weight is 402 g/mol. The van der Waals surface area contributed by atoms with Crippen LogP contribution in [0.25, 0.3) is 28.3 Å². The van der Waals surface area contributed by atoms with Crippen LogP contribution in [0.2, 0.25) is 0 Å². The average Bonchev–Trinajstić information content (AvgIpc) is 3.06. The second-order valence-electron chi connectivity index (χ2n) is 7.46. The zero-order valence-electron chi connectivity index (χ0n) is 16.6. The number of rotatable bonds is 3. The molecule has 3 heteroatoms. The summed E-state index contributed by atoms with van der Waals surface area (Å²) >= 11 is 0. The third-order valence-electron chi connectivity index (χ3n) is 5.52. The summed E-state index contributed by atoms with van der Waals surface area (Å²) in [5, 5.41) is 11.1. The molecule has 148 valence electrons. The largest absolute Gasteiger partial charge is 0.507 e. The van der Waals surface area contributed by atoms with E-state index in [1.54, 1.807) is 30.3 Å². The van der Waals surface area contributed by atoms with Crippen LogP contribution in [0.4, 0.5) is 0 Å². The molecule has 0 aromatic heterocycles. The quantitative estimate of drug-likeness (QED) is 0.328. The number of carbonyl (C=O) groups excluding carboxylic acids is 2. The Morgan fingerprint density at radius 1 is 0.548 bits per heavy atom. The Kier molecular flexibility index (Phi) is 4.57. The van der Waals surface area contributed by atoms with Crippen LogP contribution in [0.15, 0.2) is 103 Å². The molecule has 0 saturated carbocycles. The van der Waals surface area contributed by atoms with Crippen molar-refractivity contribution in [2.24, 2.45) is 0 Å². The highest BCUT2D eigenvalue weighted by Gasteiger charge is 2.32. The van der Waals surface area contributed by atoms with Crippen molar-refractivity contribution in [1.29, 1.82) is 0 Å². The lowest BCUT2D eigenvalue weighted by atomic mass is 9.93. The minimum absolute atomic E-state index is 0.143. The third kappa shape index (κ3) is 3.26. The SMILES string of the molecule is O=C1C(=Cc2cc(-c3ccccc3)c(O)c(-c3ccccc3)c2)C(=O)c2ccccc21. The number of hydrogen-bond donors (Lipinski definition) is 1. The molecule has 0 heterocycles. The molecule has 0 aliphatic heterocycles. The van der Waals surface area contributed by atoms with Crippen LogP contribution in [-0.2, 0) is 0 Å². The van der Waals surface area contributed by atoms with Crippen molar-refractivity contribution in [2.75, 3.05) is 0 Å². The molecule has 0 amide bonds. The lowest BCUT2D eigenvalue weighted by Gasteiger charge is -2.13. The van der Waals surface area contributed by atoms with Gasteiger partial charge in [0.25, 0.3) is 0 Å². The van der Waals surface area contributed by atoms with Crippen molar-refractivity contribution in [1.82, 2.24) is 0 Å². The number of aromatic hydroxyl groups is 1. The molecule has 0 fully saturated rings. The summed E-state index contributed by atoms with van der Waals surface area (Å²) in [6.07, 6.45) is 1.63. The van der Waals surface area contributed by atoms with Gasteiger partial charge in [-0.05, 0) is 34.9 Å². The van der Waals surface area contributed by atoms with Gasteiger partial charge in [-0.25, -0.2) is 0 Å². The second kappa shape index (κ2) is 7.54. The highest BCUT2D eigenvalue weighted by atomic mass is 16.3. The Balaban J connectivity index is 1.71. The maximum absolute atomic E-state index is 12.8. The summed E-state index contributed by atoms with van der Waals surface area (Å²) in [6.45, 7) is 0. The maximum atomic E-state index is 12.8. The highest BCUT2D eigenvalue weighted by Crippen LogP contribution is 2.40. The predicted octanol–water partition coefficient (Wildman–Crippen LogP) is 6.19. The smallest absolute Gasteiger partial charge is 0.197 e. The standard InChI is InChI=1S/C28H18O3/c29-26-21-13-7-8-14-22(21)27(30)25(26)17-18-15-23(19-9-3-1-4-10-19)28(31)24(16-18)20-11-5-2-6-12-20/h1-17,31H. The van der Waals surface area contributed by atoms with Crippen molar-refractivity contribution in [3.63, 3.8) is 0 Å². The summed E-state index contributed by atoms with van der Waals surface area (Å²) < 4.78 is 0. The Labute approximate surface area is 179 Å². The van der Waals surface area contributed by atoms with Gasteiger partial charge in [0.05, 0.1) is 5.57 Å². The zero-order valence-corrected chi connectivity index (χ0v) is 16.6. The number of phenolic OH excluding ortho intramolecular Hbond substituents is 1. The predicted molar refractivity (Wildman–Crippen MR) is 122 cm³/mol. The monoisotopic (exact) mass is 402 g/mol. The highest BCUT2D eigenvalue weighted by molar-refractivity contribution is 6.41. The number of phenols is 1. The number of Topliss-reactive ketones (excluding diaryl/α,β-unsaturated/α-hetero) is 2. The Bertz CT molecular complexity index is 1250. The molecular weight excluding hydrogens is 384 g/mol. The Morgan fingerprint density at radius 2 is 0.968 bits per heavy atom. The Morgan fingerprint density at radius 3 is 1.42 bits per heavy atom. The molecule has 4 aromatic rings. The van der Waals surface area contributed by atoms with E-state index in [1.165, 1.54) is 0 Å². The van der Waals surface area contributed by atoms with Crippen molar-refractivity contribution in [3.8, 4) is 28.0 Å². The molecule has 0 unspecified atom stereocenters.